The second kappa shape index (κ2) is 15.0. The lowest BCUT2D eigenvalue weighted by atomic mass is 9.77. The smallest absolute Gasteiger partial charge is 0.266 e. The lowest BCUT2D eigenvalue weighted by Crippen LogP contribution is -2.47. The summed E-state index contributed by atoms with van der Waals surface area (Å²) in [6.45, 7) is 3.13. The number of rotatable bonds is 6. The maximum absolute atomic E-state index is 12.7. The number of halogens is 1. The van der Waals surface area contributed by atoms with Gasteiger partial charge in [0.2, 0.25) is 10.0 Å². The van der Waals surface area contributed by atoms with Crippen molar-refractivity contribution in [2.75, 3.05) is 0 Å². The van der Waals surface area contributed by atoms with E-state index in [0.717, 1.165) is 56.8 Å². The summed E-state index contributed by atoms with van der Waals surface area (Å²) in [6, 6.07) is 20.4. The Kier molecular flexibility index (Phi) is 11.6. The molecule has 4 aromatic rings. The summed E-state index contributed by atoms with van der Waals surface area (Å²) in [5, 5.41) is 7.02. The number of hydrogen-bond donors (Lipinski definition) is 2. The van der Waals surface area contributed by atoms with E-state index in [1.165, 1.54) is 38.0 Å². The van der Waals surface area contributed by atoms with Crippen molar-refractivity contribution >= 4 is 29.8 Å². The van der Waals surface area contributed by atoms with Gasteiger partial charge in [-0.3, -0.25) is 0 Å². The second-order valence-corrected chi connectivity index (χ2v) is 15.8. The molecule has 3 N–H and O–H groups in total. The fourth-order valence-electron chi connectivity index (χ4n) is 5.97. The standard InChI is InChI=1S/C16H20N2O3S.C12H17N.C4H4ClNO3S/c1-13-15(12-21-17-13)22(19,20)18-16(10-6-3-7-11-16)14-8-4-2-5-9-14;13-12(9-5-2-6-10-12)11-7-3-1-4-8-11;1-3-4(2-9-6-3)10(5,7)8/h2,4-5,8-9,12,18H,3,6-7,10-11H2,1H3;1,3-4,7-8H,2,5-6,9-10,13H2;2H,1H3. The van der Waals surface area contributed by atoms with E-state index in [9.17, 15) is 16.8 Å². The highest BCUT2D eigenvalue weighted by molar-refractivity contribution is 8.13. The lowest BCUT2D eigenvalue weighted by molar-refractivity contribution is 0.273. The van der Waals surface area contributed by atoms with Crippen LogP contribution in [0.3, 0.4) is 0 Å². The molecule has 0 bridgehead atoms. The minimum atomic E-state index is -3.67. The van der Waals surface area contributed by atoms with Crippen LogP contribution < -0.4 is 10.5 Å². The van der Waals surface area contributed by atoms with Gasteiger partial charge in [-0.25, -0.2) is 21.6 Å². The number of nitrogens with one attached hydrogen (secondary N) is 1. The van der Waals surface area contributed by atoms with E-state index in [-0.39, 0.29) is 21.0 Å². The van der Waals surface area contributed by atoms with E-state index in [1.807, 2.05) is 30.3 Å². The normalized spacial score (nSPS) is 17.7. The molecule has 2 aliphatic rings. The number of benzene rings is 2. The van der Waals surface area contributed by atoms with Crippen molar-refractivity contribution in [3.63, 3.8) is 0 Å². The maximum Gasteiger partial charge on any atom is 0.266 e. The number of hydrogen-bond acceptors (Lipinski definition) is 9. The van der Waals surface area contributed by atoms with Gasteiger partial charge in [-0.2, -0.15) is 0 Å². The van der Waals surface area contributed by atoms with Gasteiger partial charge in [-0.1, -0.05) is 110 Å². The average Bonchev–Trinajstić information content (AvgIpc) is 3.68. The molecule has 0 radical (unpaired) electrons. The minimum Gasteiger partial charge on any atom is -0.363 e. The molecule has 10 nitrogen and oxygen atoms in total. The molecule has 2 fully saturated rings. The van der Waals surface area contributed by atoms with Crippen molar-refractivity contribution in [3.8, 4) is 0 Å². The summed E-state index contributed by atoms with van der Waals surface area (Å²) in [4.78, 5) is 0.0440. The molecule has 244 valence electrons. The first-order valence-electron chi connectivity index (χ1n) is 15.1. The first-order valence-corrected chi connectivity index (χ1v) is 18.9. The van der Waals surface area contributed by atoms with Gasteiger partial charge in [0.15, 0.2) is 0 Å². The fourth-order valence-corrected chi connectivity index (χ4v) is 8.51. The van der Waals surface area contributed by atoms with Crippen LogP contribution in [0.15, 0.2) is 92.0 Å². The van der Waals surface area contributed by atoms with Gasteiger partial charge in [0.05, 0.1) is 5.54 Å². The highest BCUT2D eigenvalue weighted by Gasteiger charge is 2.39. The zero-order valence-electron chi connectivity index (χ0n) is 25.6. The Balaban J connectivity index is 0.000000170. The van der Waals surface area contributed by atoms with E-state index < -0.39 is 24.6 Å². The summed E-state index contributed by atoms with van der Waals surface area (Å²) in [5.74, 6) is 0. The van der Waals surface area contributed by atoms with E-state index in [2.05, 4.69) is 49.9 Å². The van der Waals surface area contributed by atoms with Crippen LogP contribution >= 0.6 is 10.7 Å². The van der Waals surface area contributed by atoms with E-state index >= 15 is 0 Å². The van der Waals surface area contributed by atoms with Crippen LogP contribution in [0.1, 0.15) is 86.7 Å². The van der Waals surface area contributed by atoms with Gasteiger partial charge in [-0.15, -0.1) is 0 Å². The molecule has 0 atom stereocenters. The summed E-state index contributed by atoms with van der Waals surface area (Å²) < 4.78 is 58.7. The predicted octanol–water partition coefficient (Wildman–Crippen LogP) is 6.84. The van der Waals surface area contributed by atoms with Crippen molar-refractivity contribution in [1.29, 1.82) is 0 Å². The van der Waals surface area contributed by atoms with Crippen LogP contribution in [-0.4, -0.2) is 27.1 Å². The van der Waals surface area contributed by atoms with Crippen LogP contribution in [0.25, 0.3) is 0 Å². The minimum absolute atomic E-state index is 0.0283. The summed E-state index contributed by atoms with van der Waals surface area (Å²) >= 11 is 0. The third-order valence-corrected chi connectivity index (χ3v) is 11.5. The van der Waals surface area contributed by atoms with E-state index in [4.69, 9.17) is 20.9 Å². The summed E-state index contributed by atoms with van der Waals surface area (Å²) in [6.07, 6.45) is 13.2. The predicted molar refractivity (Wildman–Crippen MR) is 172 cm³/mol. The van der Waals surface area contributed by atoms with Crippen molar-refractivity contribution < 1.29 is 25.9 Å². The molecule has 2 heterocycles. The highest BCUT2D eigenvalue weighted by Crippen LogP contribution is 2.38. The number of nitrogens with zero attached hydrogens (tertiary/aromatic N) is 2. The number of nitrogens with two attached hydrogens (primary N) is 1. The van der Waals surface area contributed by atoms with E-state index in [1.54, 1.807) is 6.92 Å². The lowest BCUT2D eigenvalue weighted by Gasteiger charge is -2.38. The second-order valence-electron chi connectivity index (χ2n) is 11.7. The topological polar surface area (TPSA) is 158 Å². The quantitative estimate of drug-likeness (QED) is 0.209. The van der Waals surface area contributed by atoms with Crippen molar-refractivity contribution in [2.24, 2.45) is 5.73 Å². The Labute approximate surface area is 270 Å². The molecule has 2 aliphatic carbocycles. The van der Waals surface area contributed by atoms with Crippen LogP contribution in [-0.2, 0) is 30.2 Å². The van der Waals surface area contributed by atoms with Crippen LogP contribution in [0.5, 0.6) is 0 Å². The van der Waals surface area contributed by atoms with Gasteiger partial charge < -0.3 is 14.8 Å². The summed E-state index contributed by atoms with van der Waals surface area (Å²) in [7, 11) is -2.36. The SMILES string of the molecule is Cc1nocc1S(=O)(=O)Cl.Cc1nocc1S(=O)(=O)NC1(c2ccccc2)CCCCC1.NC1(c2ccccc2)CCCCC1. The molecule has 2 saturated carbocycles. The average molecular weight is 677 g/mol. The molecular formula is C32H41ClN4O6S2. The molecule has 0 unspecified atom stereocenters. The zero-order chi connectivity index (χ0) is 32.6. The monoisotopic (exact) mass is 676 g/mol. The maximum atomic E-state index is 12.7. The first-order chi connectivity index (χ1) is 21.4. The molecule has 13 heteroatoms. The molecule has 0 spiro atoms. The number of sulfonamides is 1. The number of aryl methyl sites for hydroxylation is 2. The van der Waals surface area contributed by atoms with Crippen molar-refractivity contribution in [1.82, 2.24) is 15.0 Å². The molecule has 45 heavy (non-hydrogen) atoms. The van der Waals surface area contributed by atoms with Gasteiger partial charge in [0.25, 0.3) is 9.05 Å². The van der Waals surface area contributed by atoms with Gasteiger partial charge >= 0.3 is 0 Å². The first kappa shape index (κ1) is 34.8. The fraction of sp³-hybridized carbons (Fsp3) is 0.438. The van der Waals surface area contributed by atoms with Gasteiger partial charge in [-0.05, 0) is 50.7 Å². The van der Waals surface area contributed by atoms with Gasteiger partial charge in [0.1, 0.15) is 33.7 Å². The van der Waals surface area contributed by atoms with Crippen LogP contribution in [0, 0.1) is 13.8 Å². The van der Waals surface area contributed by atoms with Crippen LogP contribution in [0.2, 0.25) is 0 Å². The molecule has 2 aromatic carbocycles. The zero-order valence-corrected chi connectivity index (χ0v) is 28.0. The molecule has 0 amide bonds. The van der Waals surface area contributed by atoms with Crippen molar-refractivity contribution in [3.05, 3.63) is 95.7 Å². The Hall–Kier alpha value is -3.03. The Morgan fingerprint density at radius 1 is 0.689 bits per heavy atom. The largest absolute Gasteiger partial charge is 0.363 e. The molecule has 0 saturated heterocycles. The van der Waals surface area contributed by atoms with Gasteiger partial charge in [0, 0.05) is 16.2 Å². The van der Waals surface area contributed by atoms with E-state index in [0.29, 0.717) is 5.69 Å². The Morgan fingerprint density at radius 3 is 1.56 bits per heavy atom. The molecule has 2 aromatic heterocycles. The Morgan fingerprint density at radius 2 is 1.13 bits per heavy atom. The highest BCUT2D eigenvalue weighted by atomic mass is 35.7. The number of aromatic nitrogens is 2. The molecular weight excluding hydrogens is 636 g/mol. The Bertz CT molecular complexity index is 1710. The van der Waals surface area contributed by atoms with Crippen LogP contribution in [0.4, 0.5) is 0 Å². The summed E-state index contributed by atoms with van der Waals surface area (Å²) in [5.41, 5.74) is 8.80. The molecule has 0 aliphatic heterocycles. The third kappa shape index (κ3) is 9.04. The molecule has 6 rings (SSSR count). The third-order valence-electron chi connectivity index (χ3n) is 8.42. The van der Waals surface area contributed by atoms with Crippen molar-refractivity contribution in [2.45, 2.75) is 98.9 Å².